The zero-order valence-corrected chi connectivity index (χ0v) is 7.92. The Hall–Kier alpha value is -0.530. The molecule has 2 nitrogen and oxygen atoms in total. The highest BCUT2D eigenvalue weighted by Crippen LogP contribution is 2.34. The first-order valence-corrected chi connectivity index (χ1v) is 5.02. The van der Waals surface area contributed by atoms with Crippen LogP contribution in [0.1, 0.15) is 39.5 Å². The maximum absolute atomic E-state index is 5.42. The third kappa shape index (κ3) is 1.23. The standard InChI is InChI=1S/C10H17NO/c1-7(2)10-8-5-3-4-6-9(8)12-11-10/h7-9H,3-6H2,1-2H3/t8-,9+/m1/s1. The molecule has 2 heteroatoms. The van der Waals surface area contributed by atoms with Crippen LogP contribution in [-0.4, -0.2) is 11.8 Å². The summed E-state index contributed by atoms with van der Waals surface area (Å²) in [5.74, 6) is 1.22. The highest BCUT2D eigenvalue weighted by molar-refractivity contribution is 5.89. The second kappa shape index (κ2) is 3.08. The second-order valence-electron chi connectivity index (χ2n) is 4.21. The van der Waals surface area contributed by atoms with E-state index in [2.05, 4.69) is 19.0 Å². The Balaban J connectivity index is 2.08. The van der Waals surface area contributed by atoms with Crippen LogP contribution in [0.2, 0.25) is 0 Å². The molecule has 68 valence electrons. The lowest BCUT2D eigenvalue weighted by Crippen LogP contribution is -2.29. The molecule has 0 aromatic carbocycles. The fourth-order valence-electron chi connectivity index (χ4n) is 2.29. The number of nitrogens with zero attached hydrogens (tertiary/aromatic N) is 1. The first-order valence-electron chi connectivity index (χ1n) is 5.02. The minimum atomic E-state index is 0.427. The molecule has 0 saturated heterocycles. The summed E-state index contributed by atoms with van der Waals surface area (Å²) in [7, 11) is 0. The molecule has 2 rings (SSSR count). The summed E-state index contributed by atoms with van der Waals surface area (Å²) in [5, 5.41) is 4.20. The molecule has 2 aliphatic rings. The smallest absolute Gasteiger partial charge is 0.135 e. The lowest BCUT2D eigenvalue weighted by Gasteiger charge is -2.24. The number of hydrogen-bond donors (Lipinski definition) is 0. The Kier molecular flexibility index (Phi) is 2.07. The maximum atomic E-state index is 5.42. The fraction of sp³-hybridized carbons (Fsp3) is 0.900. The van der Waals surface area contributed by atoms with E-state index in [-0.39, 0.29) is 0 Å². The van der Waals surface area contributed by atoms with E-state index in [0.717, 1.165) is 0 Å². The van der Waals surface area contributed by atoms with Gasteiger partial charge >= 0.3 is 0 Å². The Morgan fingerprint density at radius 3 is 2.83 bits per heavy atom. The van der Waals surface area contributed by atoms with Gasteiger partial charge in [-0.3, -0.25) is 0 Å². The van der Waals surface area contributed by atoms with Gasteiger partial charge in [-0.25, -0.2) is 0 Å². The van der Waals surface area contributed by atoms with E-state index in [1.165, 1.54) is 31.4 Å². The maximum Gasteiger partial charge on any atom is 0.135 e. The lowest BCUT2D eigenvalue weighted by molar-refractivity contribution is 0.0396. The normalized spacial score (nSPS) is 34.4. The van der Waals surface area contributed by atoms with Crippen molar-refractivity contribution >= 4 is 5.71 Å². The summed E-state index contributed by atoms with van der Waals surface area (Å²) in [4.78, 5) is 5.42. The minimum absolute atomic E-state index is 0.427. The summed E-state index contributed by atoms with van der Waals surface area (Å²) in [5.41, 5.74) is 1.31. The molecule has 0 aromatic rings. The van der Waals surface area contributed by atoms with Crippen LogP contribution in [0.25, 0.3) is 0 Å². The van der Waals surface area contributed by atoms with Crippen molar-refractivity contribution in [2.75, 3.05) is 0 Å². The van der Waals surface area contributed by atoms with Gasteiger partial charge in [-0.1, -0.05) is 25.4 Å². The van der Waals surface area contributed by atoms with Gasteiger partial charge in [0, 0.05) is 5.92 Å². The number of hydrogen-bond acceptors (Lipinski definition) is 2. The van der Waals surface area contributed by atoms with E-state index in [4.69, 9.17) is 4.84 Å². The van der Waals surface area contributed by atoms with Crippen LogP contribution in [-0.2, 0) is 4.84 Å². The molecular formula is C10H17NO. The van der Waals surface area contributed by atoms with Crippen molar-refractivity contribution < 1.29 is 4.84 Å². The minimum Gasteiger partial charge on any atom is -0.392 e. The van der Waals surface area contributed by atoms with Crippen molar-refractivity contribution in [3.05, 3.63) is 0 Å². The molecule has 0 amide bonds. The third-order valence-corrected chi connectivity index (χ3v) is 2.97. The Labute approximate surface area is 74.0 Å². The quantitative estimate of drug-likeness (QED) is 0.588. The summed E-state index contributed by atoms with van der Waals surface area (Å²) in [6.07, 6.45) is 5.61. The van der Waals surface area contributed by atoms with Gasteiger partial charge < -0.3 is 4.84 Å². The van der Waals surface area contributed by atoms with Crippen molar-refractivity contribution in [3.8, 4) is 0 Å². The fourth-order valence-corrected chi connectivity index (χ4v) is 2.29. The summed E-state index contributed by atoms with van der Waals surface area (Å²) in [6.45, 7) is 4.42. The molecule has 2 atom stereocenters. The molecule has 0 bridgehead atoms. The van der Waals surface area contributed by atoms with E-state index in [1.807, 2.05) is 0 Å². The number of fused-ring (bicyclic) bond motifs is 1. The van der Waals surface area contributed by atoms with Crippen LogP contribution in [0.4, 0.5) is 0 Å². The monoisotopic (exact) mass is 167 g/mol. The van der Waals surface area contributed by atoms with Crippen LogP contribution in [0, 0.1) is 11.8 Å². The lowest BCUT2D eigenvalue weighted by atomic mass is 9.80. The molecule has 0 radical (unpaired) electrons. The van der Waals surface area contributed by atoms with Crippen LogP contribution >= 0.6 is 0 Å². The van der Waals surface area contributed by atoms with E-state index in [9.17, 15) is 0 Å². The average Bonchev–Trinajstić information content (AvgIpc) is 2.47. The predicted molar refractivity (Wildman–Crippen MR) is 49.1 cm³/mol. The average molecular weight is 167 g/mol. The van der Waals surface area contributed by atoms with Crippen molar-refractivity contribution in [2.45, 2.75) is 45.6 Å². The van der Waals surface area contributed by atoms with E-state index < -0.39 is 0 Å². The molecule has 0 spiro atoms. The van der Waals surface area contributed by atoms with Gasteiger partial charge in [-0.15, -0.1) is 0 Å². The molecule has 0 unspecified atom stereocenters. The van der Waals surface area contributed by atoms with Gasteiger partial charge in [0.25, 0.3) is 0 Å². The predicted octanol–water partition coefficient (Wildman–Crippen LogP) is 2.59. The molecule has 12 heavy (non-hydrogen) atoms. The van der Waals surface area contributed by atoms with E-state index >= 15 is 0 Å². The summed E-state index contributed by atoms with van der Waals surface area (Å²) in [6, 6.07) is 0. The molecular weight excluding hydrogens is 150 g/mol. The van der Waals surface area contributed by atoms with Gasteiger partial charge in [0.1, 0.15) is 6.10 Å². The van der Waals surface area contributed by atoms with Crippen LogP contribution < -0.4 is 0 Å². The number of oxime groups is 1. The molecule has 1 heterocycles. The molecule has 0 N–H and O–H groups in total. The SMILES string of the molecule is CC(C)C1=NO[C@H]2CCCC[C@@H]12. The van der Waals surface area contributed by atoms with Crippen LogP contribution in [0.3, 0.4) is 0 Å². The highest BCUT2D eigenvalue weighted by Gasteiger charge is 2.36. The Morgan fingerprint density at radius 2 is 2.08 bits per heavy atom. The van der Waals surface area contributed by atoms with Crippen molar-refractivity contribution in [3.63, 3.8) is 0 Å². The van der Waals surface area contributed by atoms with Crippen LogP contribution in [0.15, 0.2) is 5.16 Å². The molecule has 1 fully saturated rings. The van der Waals surface area contributed by atoms with Crippen molar-refractivity contribution in [2.24, 2.45) is 17.0 Å². The van der Waals surface area contributed by atoms with Gasteiger partial charge in [0.05, 0.1) is 5.71 Å². The summed E-state index contributed by atoms with van der Waals surface area (Å²) < 4.78 is 0. The van der Waals surface area contributed by atoms with Crippen molar-refractivity contribution in [1.82, 2.24) is 0 Å². The molecule has 1 aliphatic heterocycles. The molecule has 1 aliphatic carbocycles. The molecule has 0 aromatic heterocycles. The highest BCUT2D eigenvalue weighted by atomic mass is 16.6. The topological polar surface area (TPSA) is 21.6 Å². The first kappa shape index (κ1) is 8.09. The first-order chi connectivity index (χ1) is 5.79. The Morgan fingerprint density at radius 1 is 1.33 bits per heavy atom. The Bertz CT molecular complexity index is 198. The van der Waals surface area contributed by atoms with E-state index in [1.54, 1.807) is 0 Å². The van der Waals surface area contributed by atoms with Gasteiger partial charge in [0.2, 0.25) is 0 Å². The van der Waals surface area contributed by atoms with Gasteiger partial charge in [-0.2, -0.15) is 0 Å². The zero-order valence-electron chi connectivity index (χ0n) is 7.92. The van der Waals surface area contributed by atoms with Gasteiger partial charge in [-0.05, 0) is 25.2 Å². The largest absolute Gasteiger partial charge is 0.392 e. The van der Waals surface area contributed by atoms with Crippen LogP contribution in [0.5, 0.6) is 0 Å². The summed E-state index contributed by atoms with van der Waals surface area (Å²) >= 11 is 0. The van der Waals surface area contributed by atoms with Crippen molar-refractivity contribution in [1.29, 1.82) is 0 Å². The molecule has 1 saturated carbocycles. The third-order valence-electron chi connectivity index (χ3n) is 2.97. The zero-order chi connectivity index (χ0) is 8.55. The van der Waals surface area contributed by atoms with E-state index in [0.29, 0.717) is 17.9 Å². The second-order valence-corrected chi connectivity index (χ2v) is 4.21. The van der Waals surface area contributed by atoms with Gasteiger partial charge in [0.15, 0.2) is 0 Å². The number of rotatable bonds is 1.